The van der Waals surface area contributed by atoms with E-state index in [0.717, 1.165) is 44.8 Å². The second-order valence-electron chi connectivity index (χ2n) is 6.54. The summed E-state index contributed by atoms with van der Waals surface area (Å²) in [7, 11) is 0. The predicted octanol–water partition coefficient (Wildman–Crippen LogP) is 2.55. The summed E-state index contributed by atoms with van der Waals surface area (Å²) in [5.74, 6) is 0.779. The van der Waals surface area contributed by atoms with Crippen LogP contribution in [0.15, 0.2) is 24.3 Å². The number of rotatable bonds is 6. The van der Waals surface area contributed by atoms with Gasteiger partial charge in [0.1, 0.15) is 0 Å². The Morgan fingerprint density at radius 1 is 1.24 bits per heavy atom. The van der Waals surface area contributed by atoms with E-state index in [1.165, 1.54) is 36.9 Å². The summed E-state index contributed by atoms with van der Waals surface area (Å²) in [6.45, 7) is 8.59. The van der Waals surface area contributed by atoms with Crippen LogP contribution in [0.25, 0.3) is 0 Å². The lowest BCUT2D eigenvalue weighted by atomic mass is 9.75. The Bertz CT molecular complexity index is 437. The molecule has 1 aliphatic carbocycles. The minimum atomic E-state index is 0.736. The summed E-state index contributed by atoms with van der Waals surface area (Å²) in [5.41, 5.74) is 2.91. The molecule has 3 nitrogen and oxygen atoms in total. The van der Waals surface area contributed by atoms with Crippen LogP contribution in [0, 0.1) is 6.92 Å². The Morgan fingerprint density at radius 2 is 2.05 bits per heavy atom. The molecular formula is C18H28N2O. The molecule has 1 aliphatic heterocycles. The van der Waals surface area contributed by atoms with Gasteiger partial charge in [-0.25, -0.2) is 0 Å². The Kier molecular flexibility index (Phi) is 5.28. The third kappa shape index (κ3) is 4.29. The average molecular weight is 288 g/mol. The van der Waals surface area contributed by atoms with E-state index < -0.39 is 0 Å². The van der Waals surface area contributed by atoms with Crippen molar-refractivity contribution in [3.05, 3.63) is 35.4 Å². The van der Waals surface area contributed by atoms with Crippen LogP contribution < -0.4 is 5.32 Å². The first-order valence-electron chi connectivity index (χ1n) is 8.41. The van der Waals surface area contributed by atoms with Gasteiger partial charge in [0.15, 0.2) is 0 Å². The summed E-state index contributed by atoms with van der Waals surface area (Å²) in [4.78, 5) is 2.52. The molecular weight excluding hydrogens is 260 g/mol. The molecule has 116 valence electrons. The van der Waals surface area contributed by atoms with E-state index in [1.54, 1.807) is 0 Å². The van der Waals surface area contributed by atoms with Crippen molar-refractivity contribution in [1.82, 2.24) is 10.2 Å². The lowest BCUT2D eigenvalue weighted by Gasteiger charge is -2.37. The van der Waals surface area contributed by atoms with Crippen LogP contribution >= 0.6 is 0 Å². The van der Waals surface area contributed by atoms with Gasteiger partial charge in [0.25, 0.3) is 0 Å². The molecule has 0 unspecified atom stereocenters. The highest BCUT2D eigenvalue weighted by Crippen LogP contribution is 2.36. The molecule has 0 radical (unpaired) electrons. The normalized spacial score (nSPS) is 26.5. The maximum atomic E-state index is 5.38. The van der Waals surface area contributed by atoms with Gasteiger partial charge in [0.2, 0.25) is 0 Å². The first kappa shape index (κ1) is 15.0. The van der Waals surface area contributed by atoms with Gasteiger partial charge in [-0.2, -0.15) is 0 Å². The zero-order valence-electron chi connectivity index (χ0n) is 13.2. The van der Waals surface area contributed by atoms with E-state index in [1.807, 2.05) is 0 Å². The molecule has 2 aliphatic rings. The van der Waals surface area contributed by atoms with Gasteiger partial charge in [-0.3, -0.25) is 4.90 Å². The minimum Gasteiger partial charge on any atom is -0.379 e. The number of morpholine rings is 1. The zero-order valence-corrected chi connectivity index (χ0v) is 13.2. The van der Waals surface area contributed by atoms with Crippen LogP contribution in [0.5, 0.6) is 0 Å². The van der Waals surface area contributed by atoms with Gasteiger partial charge in [-0.1, -0.05) is 29.8 Å². The SMILES string of the molecule is Cc1cccc(C2CC(NCCCN3CCOCC3)C2)c1. The molecule has 1 saturated heterocycles. The highest BCUT2D eigenvalue weighted by atomic mass is 16.5. The molecule has 2 fully saturated rings. The summed E-state index contributed by atoms with van der Waals surface area (Å²) in [5, 5.41) is 3.72. The van der Waals surface area contributed by atoms with Crippen molar-refractivity contribution >= 4 is 0 Å². The van der Waals surface area contributed by atoms with E-state index in [-0.39, 0.29) is 0 Å². The van der Waals surface area contributed by atoms with Gasteiger partial charge in [0.05, 0.1) is 13.2 Å². The molecule has 0 aromatic heterocycles. The zero-order chi connectivity index (χ0) is 14.5. The van der Waals surface area contributed by atoms with E-state index in [4.69, 9.17) is 4.74 Å². The standard InChI is InChI=1S/C18H28N2O/c1-15-4-2-5-16(12-15)17-13-18(14-17)19-6-3-7-20-8-10-21-11-9-20/h2,4-5,12,17-19H,3,6-11,13-14H2,1H3. The molecule has 0 atom stereocenters. The Morgan fingerprint density at radius 3 is 2.81 bits per heavy atom. The maximum Gasteiger partial charge on any atom is 0.0594 e. The van der Waals surface area contributed by atoms with E-state index in [9.17, 15) is 0 Å². The molecule has 0 amide bonds. The van der Waals surface area contributed by atoms with Crippen molar-refractivity contribution in [2.24, 2.45) is 0 Å². The summed E-state index contributed by atoms with van der Waals surface area (Å²) in [6, 6.07) is 9.74. The van der Waals surface area contributed by atoms with Crippen LogP contribution in [0.4, 0.5) is 0 Å². The Hall–Kier alpha value is -0.900. The predicted molar refractivity (Wildman–Crippen MR) is 86.8 cm³/mol. The fourth-order valence-electron chi connectivity index (χ4n) is 3.41. The lowest BCUT2D eigenvalue weighted by molar-refractivity contribution is 0.0372. The van der Waals surface area contributed by atoms with E-state index >= 15 is 0 Å². The summed E-state index contributed by atoms with van der Waals surface area (Å²) >= 11 is 0. The van der Waals surface area contributed by atoms with Crippen molar-refractivity contribution in [2.45, 2.75) is 38.1 Å². The van der Waals surface area contributed by atoms with Gasteiger partial charge in [-0.15, -0.1) is 0 Å². The lowest BCUT2D eigenvalue weighted by Crippen LogP contribution is -2.42. The summed E-state index contributed by atoms with van der Waals surface area (Å²) < 4.78 is 5.38. The van der Waals surface area contributed by atoms with E-state index in [2.05, 4.69) is 41.4 Å². The van der Waals surface area contributed by atoms with Crippen LogP contribution in [0.1, 0.15) is 36.3 Å². The largest absolute Gasteiger partial charge is 0.379 e. The molecule has 1 N–H and O–H groups in total. The average Bonchev–Trinajstić information content (AvgIpc) is 2.46. The monoisotopic (exact) mass is 288 g/mol. The fraction of sp³-hybridized carbons (Fsp3) is 0.667. The van der Waals surface area contributed by atoms with Crippen LogP contribution in [0.2, 0.25) is 0 Å². The van der Waals surface area contributed by atoms with Crippen molar-refractivity contribution in [2.75, 3.05) is 39.4 Å². The van der Waals surface area contributed by atoms with Gasteiger partial charge >= 0.3 is 0 Å². The first-order chi connectivity index (χ1) is 10.3. The highest BCUT2D eigenvalue weighted by Gasteiger charge is 2.29. The first-order valence-corrected chi connectivity index (χ1v) is 8.41. The third-order valence-electron chi connectivity index (χ3n) is 4.84. The second kappa shape index (κ2) is 7.39. The molecule has 1 aromatic carbocycles. The molecule has 0 spiro atoms. The fourth-order valence-corrected chi connectivity index (χ4v) is 3.41. The minimum absolute atomic E-state index is 0.736. The molecule has 1 saturated carbocycles. The van der Waals surface area contributed by atoms with Crippen LogP contribution in [0.3, 0.4) is 0 Å². The Labute approximate surface area is 128 Å². The number of nitrogens with one attached hydrogen (secondary N) is 1. The number of aryl methyl sites for hydroxylation is 1. The van der Waals surface area contributed by atoms with Crippen LogP contribution in [-0.2, 0) is 4.74 Å². The Balaban J connectivity index is 1.28. The van der Waals surface area contributed by atoms with Gasteiger partial charge in [-0.05, 0) is 50.8 Å². The van der Waals surface area contributed by atoms with Crippen molar-refractivity contribution in [3.8, 4) is 0 Å². The van der Waals surface area contributed by atoms with Gasteiger partial charge < -0.3 is 10.1 Å². The van der Waals surface area contributed by atoms with E-state index in [0.29, 0.717) is 0 Å². The van der Waals surface area contributed by atoms with Crippen LogP contribution in [-0.4, -0.2) is 50.3 Å². The van der Waals surface area contributed by atoms with Gasteiger partial charge in [0, 0.05) is 19.1 Å². The number of nitrogens with zero attached hydrogens (tertiary/aromatic N) is 1. The molecule has 3 rings (SSSR count). The molecule has 1 aromatic rings. The highest BCUT2D eigenvalue weighted by molar-refractivity contribution is 5.27. The maximum absolute atomic E-state index is 5.38. The molecule has 0 bridgehead atoms. The quantitative estimate of drug-likeness (QED) is 0.814. The van der Waals surface area contributed by atoms with Crippen molar-refractivity contribution < 1.29 is 4.74 Å². The number of hydrogen-bond acceptors (Lipinski definition) is 3. The number of hydrogen-bond donors (Lipinski definition) is 1. The van der Waals surface area contributed by atoms with Crippen molar-refractivity contribution in [3.63, 3.8) is 0 Å². The summed E-state index contributed by atoms with van der Waals surface area (Å²) in [6.07, 6.45) is 3.87. The second-order valence-corrected chi connectivity index (χ2v) is 6.54. The molecule has 21 heavy (non-hydrogen) atoms. The van der Waals surface area contributed by atoms with Crippen molar-refractivity contribution in [1.29, 1.82) is 0 Å². The topological polar surface area (TPSA) is 24.5 Å². The number of benzene rings is 1. The molecule has 1 heterocycles. The third-order valence-corrected chi connectivity index (χ3v) is 4.84. The number of ether oxygens (including phenoxy) is 1. The smallest absolute Gasteiger partial charge is 0.0594 e. The molecule has 3 heteroatoms.